The molecular weight excluding hydrogens is 398 g/mol. The van der Waals surface area contributed by atoms with E-state index in [1.807, 2.05) is 49.9 Å². The Kier molecular flexibility index (Phi) is 7.26. The minimum atomic E-state index is -0.101. The van der Waals surface area contributed by atoms with Crippen molar-refractivity contribution in [2.24, 2.45) is 5.92 Å². The molecule has 3 rings (SSSR count). The number of rotatable bonds is 6. The van der Waals surface area contributed by atoms with Crippen molar-refractivity contribution in [2.75, 3.05) is 13.1 Å². The highest BCUT2D eigenvalue weighted by molar-refractivity contribution is 7.13. The van der Waals surface area contributed by atoms with Gasteiger partial charge in [-0.1, -0.05) is 26.0 Å². The smallest absolute Gasteiger partial charge is 0.263 e. The summed E-state index contributed by atoms with van der Waals surface area (Å²) in [4.78, 5) is 32.4. The van der Waals surface area contributed by atoms with Gasteiger partial charge in [0.25, 0.3) is 11.8 Å². The van der Waals surface area contributed by atoms with Gasteiger partial charge in [0.05, 0.1) is 22.9 Å². The topological polar surface area (TPSA) is 71.5 Å². The van der Waals surface area contributed by atoms with Crippen LogP contribution >= 0.6 is 11.3 Å². The van der Waals surface area contributed by atoms with Crippen LogP contribution in [0, 0.1) is 12.8 Å². The van der Waals surface area contributed by atoms with Gasteiger partial charge >= 0.3 is 0 Å². The summed E-state index contributed by atoms with van der Waals surface area (Å²) in [5.74, 6) is 0.429. The molecule has 1 N–H and O–H groups in total. The average molecular weight is 430 g/mol. The Morgan fingerprint density at radius 3 is 2.43 bits per heavy atom. The number of carbonyl (C=O) groups is 2. The number of aromatic nitrogens is 1. The Bertz CT molecular complexity index is 882. The van der Waals surface area contributed by atoms with Crippen LogP contribution in [0.25, 0.3) is 0 Å². The van der Waals surface area contributed by atoms with Gasteiger partial charge in [0.15, 0.2) is 0 Å². The highest BCUT2D eigenvalue weighted by atomic mass is 32.1. The van der Waals surface area contributed by atoms with Crippen LogP contribution in [-0.2, 0) is 17.7 Å². The Hall–Kier alpha value is -2.25. The maximum absolute atomic E-state index is 12.8. The predicted octanol–water partition coefficient (Wildman–Crippen LogP) is 3.83. The normalized spacial score (nSPS) is 19.2. The molecule has 1 aromatic heterocycles. The van der Waals surface area contributed by atoms with E-state index in [9.17, 15) is 9.59 Å². The summed E-state index contributed by atoms with van der Waals surface area (Å²) in [6.07, 6.45) is 0.974. The van der Waals surface area contributed by atoms with Crippen molar-refractivity contribution < 1.29 is 14.3 Å². The summed E-state index contributed by atoms with van der Waals surface area (Å²) in [5.41, 5.74) is 2.39. The van der Waals surface area contributed by atoms with Crippen LogP contribution < -0.4 is 5.32 Å². The van der Waals surface area contributed by atoms with Crippen LogP contribution in [0.15, 0.2) is 24.3 Å². The summed E-state index contributed by atoms with van der Waals surface area (Å²) in [6.45, 7) is 11.8. The maximum atomic E-state index is 12.8. The lowest BCUT2D eigenvalue weighted by molar-refractivity contribution is -0.0586. The third kappa shape index (κ3) is 5.67. The molecule has 2 heterocycles. The Balaban J connectivity index is 1.57. The molecule has 1 aromatic carbocycles. The molecule has 30 heavy (non-hydrogen) atoms. The second kappa shape index (κ2) is 9.71. The zero-order valence-electron chi connectivity index (χ0n) is 18.4. The molecule has 0 saturated carbocycles. The van der Waals surface area contributed by atoms with E-state index in [1.165, 1.54) is 11.3 Å². The fourth-order valence-corrected chi connectivity index (χ4v) is 4.85. The first-order chi connectivity index (χ1) is 14.2. The summed E-state index contributed by atoms with van der Waals surface area (Å²) < 4.78 is 5.70. The Morgan fingerprint density at radius 1 is 1.20 bits per heavy atom. The first kappa shape index (κ1) is 22.4. The number of hydrogen-bond acceptors (Lipinski definition) is 5. The molecule has 0 bridgehead atoms. The van der Waals surface area contributed by atoms with Crippen LogP contribution in [0.3, 0.4) is 0 Å². The summed E-state index contributed by atoms with van der Waals surface area (Å²) in [5, 5.41) is 3.97. The van der Waals surface area contributed by atoms with Gasteiger partial charge in [0.1, 0.15) is 4.88 Å². The Labute approximate surface area is 182 Å². The van der Waals surface area contributed by atoms with E-state index in [0.717, 1.165) is 22.7 Å². The van der Waals surface area contributed by atoms with Crippen LogP contribution in [0.5, 0.6) is 0 Å². The van der Waals surface area contributed by atoms with E-state index in [-0.39, 0.29) is 24.0 Å². The zero-order valence-corrected chi connectivity index (χ0v) is 19.2. The average Bonchev–Trinajstić information content (AvgIpc) is 3.04. The number of carbonyl (C=O) groups excluding carboxylic acids is 2. The van der Waals surface area contributed by atoms with E-state index in [1.54, 1.807) is 0 Å². The first-order valence-corrected chi connectivity index (χ1v) is 11.3. The van der Waals surface area contributed by atoms with Crippen molar-refractivity contribution in [3.63, 3.8) is 0 Å². The maximum Gasteiger partial charge on any atom is 0.263 e. The molecule has 2 atom stereocenters. The van der Waals surface area contributed by atoms with Crippen LogP contribution in [0.2, 0.25) is 0 Å². The number of nitrogens with one attached hydrogen (secondary N) is 1. The van der Waals surface area contributed by atoms with Crippen LogP contribution in [0.1, 0.15) is 64.0 Å². The van der Waals surface area contributed by atoms with Crippen LogP contribution in [0.4, 0.5) is 0 Å². The molecule has 0 radical (unpaired) electrons. The van der Waals surface area contributed by atoms with Crippen molar-refractivity contribution in [3.05, 3.63) is 51.0 Å². The molecule has 0 spiro atoms. The molecule has 6 nitrogen and oxygen atoms in total. The van der Waals surface area contributed by atoms with Gasteiger partial charge < -0.3 is 15.0 Å². The SMILES string of the molecule is Cc1nc(CC(C)C)sc1C(=O)NCc1ccc(C(=O)N2CC(C)OC(C)C2)cc1. The Morgan fingerprint density at radius 2 is 1.83 bits per heavy atom. The van der Waals surface area contributed by atoms with Crippen LogP contribution in [-0.4, -0.2) is 47.0 Å². The zero-order chi connectivity index (χ0) is 21.8. The molecule has 2 amide bonds. The summed E-state index contributed by atoms with van der Waals surface area (Å²) >= 11 is 1.47. The molecular formula is C23H31N3O3S. The lowest BCUT2D eigenvalue weighted by Crippen LogP contribution is -2.48. The highest BCUT2D eigenvalue weighted by Crippen LogP contribution is 2.21. The lowest BCUT2D eigenvalue weighted by atomic mass is 10.1. The highest BCUT2D eigenvalue weighted by Gasteiger charge is 2.26. The van der Waals surface area contributed by atoms with E-state index in [2.05, 4.69) is 24.1 Å². The molecule has 162 valence electrons. The quantitative estimate of drug-likeness (QED) is 0.758. The number of nitrogens with zero attached hydrogens (tertiary/aromatic N) is 2. The monoisotopic (exact) mass is 429 g/mol. The minimum absolute atomic E-state index is 0.0190. The molecule has 1 aliphatic heterocycles. The number of morpholine rings is 1. The molecule has 0 aliphatic carbocycles. The minimum Gasteiger partial charge on any atom is -0.372 e. The van der Waals surface area contributed by atoms with Crippen molar-refractivity contribution in [1.29, 1.82) is 0 Å². The van der Waals surface area contributed by atoms with Gasteiger partial charge in [-0.05, 0) is 44.4 Å². The van der Waals surface area contributed by atoms with Gasteiger partial charge in [-0.25, -0.2) is 4.98 Å². The van der Waals surface area contributed by atoms with Gasteiger partial charge in [-0.15, -0.1) is 11.3 Å². The first-order valence-electron chi connectivity index (χ1n) is 10.5. The fraction of sp³-hybridized carbons (Fsp3) is 0.522. The van der Waals surface area contributed by atoms with Gasteiger partial charge in [0.2, 0.25) is 0 Å². The molecule has 1 fully saturated rings. The van der Waals surface area contributed by atoms with Crippen molar-refractivity contribution >= 4 is 23.2 Å². The second-order valence-corrected chi connectivity index (χ2v) is 9.55. The van der Waals surface area contributed by atoms with Crippen molar-refractivity contribution in [2.45, 2.75) is 59.8 Å². The van der Waals surface area contributed by atoms with Crippen molar-refractivity contribution in [1.82, 2.24) is 15.2 Å². The standard InChI is InChI=1S/C23H31N3O3S/c1-14(2)10-20-25-17(5)21(30-20)22(27)24-11-18-6-8-19(9-7-18)23(28)26-12-15(3)29-16(4)13-26/h6-9,14-16H,10-13H2,1-5H3,(H,24,27). The molecule has 1 saturated heterocycles. The number of aryl methyl sites for hydroxylation is 1. The molecule has 1 aliphatic rings. The lowest BCUT2D eigenvalue weighted by Gasteiger charge is -2.35. The van der Waals surface area contributed by atoms with E-state index < -0.39 is 0 Å². The summed E-state index contributed by atoms with van der Waals surface area (Å²) in [6, 6.07) is 7.44. The van der Waals surface area contributed by atoms with E-state index >= 15 is 0 Å². The second-order valence-electron chi connectivity index (χ2n) is 8.47. The summed E-state index contributed by atoms with van der Waals surface area (Å²) in [7, 11) is 0. The third-order valence-electron chi connectivity index (χ3n) is 4.99. The molecule has 7 heteroatoms. The molecule has 2 unspecified atom stereocenters. The third-order valence-corrected chi connectivity index (χ3v) is 6.17. The van der Waals surface area contributed by atoms with Gasteiger partial charge in [-0.2, -0.15) is 0 Å². The number of ether oxygens (including phenoxy) is 1. The molecule has 2 aromatic rings. The number of hydrogen-bond donors (Lipinski definition) is 1. The largest absolute Gasteiger partial charge is 0.372 e. The number of thiazole rings is 1. The fourth-order valence-electron chi connectivity index (χ4n) is 3.65. The number of benzene rings is 1. The van der Waals surface area contributed by atoms with Gasteiger partial charge in [0, 0.05) is 31.6 Å². The number of amides is 2. The van der Waals surface area contributed by atoms with Gasteiger partial charge in [-0.3, -0.25) is 9.59 Å². The van der Waals surface area contributed by atoms with Crippen molar-refractivity contribution in [3.8, 4) is 0 Å². The van der Waals surface area contributed by atoms with E-state index in [4.69, 9.17) is 4.74 Å². The predicted molar refractivity (Wildman–Crippen MR) is 119 cm³/mol. The van der Waals surface area contributed by atoms with E-state index in [0.29, 0.717) is 36.0 Å².